The van der Waals surface area contributed by atoms with E-state index in [0.29, 0.717) is 45.2 Å². The highest BCUT2D eigenvalue weighted by Crippen LogP contribution is 2.50. The van der Waals surface area contributed by atoms with E-state index in [2.05, 4.69) is 323 Å². The number of nitrogens with zero attached hydrogens (tertiary/aromatic N) is 12. The number of hydrogen-bond donors (Lipinski definition) is 0. The minimum atomic E-state index is -0.205. The molecule has 8 aromatic heterocycles. The molecule has 0 saturated carbocycles. The van der Waals surface area contributed by atoms with Crippen LogP contribution in [0.15, 0.2) is 413 Å². The summed E-state index contributed by atoms with van der Waals surface area (Å²) in [6.07, 6.45) is 5.08. The summed E-state index contributed by atoms with van der Waals surface area (Å²) in [6, 6.07) is 128. The molecular weight excluding hydrogens is 1560 g/mol. The zero-order chi connectivity index (χ0) is 88.1. The van der Waals surface area contributed by atoms with Gasteiger partial charge in [-0.1, -0.05) is 317 Å². The zero-order valence-corrected chi connectivity index (χ0v) is 69.3. The lowest BCUT2D eigenvalue weighted by Gasteiger charge is -2.21. The monoisotopic (exact) mass is 1640 g/mol. The topological polar surface area (TPSA) is 131 Å². The molecule has 26 aromatic rings. The van der Waals surface area contributed by atoms with Gasteiger partial charge in [0.2, 0.25) is 0 Å². The van der Waals surface area contributed by atoms with Crippen molar-refractivity contribution in [2.24, 2.45) is 0 Å². The van der Waals surface area contributed by atoms with Crippen molar-refractivity contribution >= 4 is 152 Å². The van der Waals surface area contributed by atoms with Crippen LogP contribution in [0.5, 0.6) is 0 Å². The van der Waals surface area contributed by atoms with Crippen LogP contribution in [0, 0.1) is 0 Å². The van der Waals surface area contributed by atoms with Gasteiger partial charge in [-0.2, -0.15) is 0 Å². The number of rotatable bonds is 8. The van der Waals surface area contributed by atoms with Gasteiger partial charge in [0.25, 0.3) is 0 Å². The first kappa shape index (κ1) is 69.4. The SMILES string of the molecule is CC1(C)c2ccccc2-c2ccc(-c3nc(-n4c5ccccc5c5cc6ccccc6cc54)c4nccnc4n3)cc21.[2H]c1c([2H])c(-c2cccc3cccnc23)c([2H])c([2H])c1-c1nc(-n2c3ccccc3c3cc4ccccc4cc32)c2ccccc2n1.c1ccc2cc3c(cc2c1)c1ccccc1n3-c1nc(-c2ccc(-c3cccc4ccccc34)cc2)nc2ccccc12. The fourth-order valence-corrected chi connectivity index (χ4v) is 19.5. The number of benzene rings is 18. The van der Waals surface area contributed by atoms with Crippen LogP contribution in [0.3, 0.4) is 0 Å². The van der Waals surface area contributed by atoms with Crippen LogP contribution in [0.25, 0.3) is 237 Å². The lowest BCUT2D eigenvalue weighted by Crippen LogP contribution is -2.15. The molecule has 1 aliphatic rings. The largest absolute Gasteiger partial charge is 0.293 e. The summed E-state index contributed by atoms with van der Waals surface area (Å²) in [6.45, 7) is 4.59. The molecule has 12 heteroatoms. The van der Waals surface area contributed by atoms with Crippen molar-refractivity contribution in [1.29, 1.82) is 0 Å². The third-order valence-electron chi connectivity index (χ3n) is 25.6. The Labute approximate surface area is 740 Å². The summed E-state index contributed by atoms with van der Waals surface area (Å²) in [5.74, 6) is 3.70. The van der Waals surface area contributed by atoms with Crippen LogP contribution in [0.4, 0.5) is 0 Å². The van der Waals surface area contributed by atoms with Gasteiger partial charge >= 0.3 is 0 Å². The molecule has 0 aliphatic heterocycles. The first-order chi connectivity index (χ1) is 64.9. The third kappa shape index (κ3) is 12.1. The predicted molar refractivity (Wildman–Crippen MR) is 527 cm³/mol. The van der Waals surface area contributed by atoms with Crippen molar-refractivity contribution in [2.75, 3.05) is 0 Å². The van der Waals surface area contributed by atoms with E-state index in [-0.39, 0.29) is 46.5 Å². The summed E-state index contributed by atoms with van der Waals surface area (Å²) >= 11 is 0. The standard InChI is InChI=1S/C40H25N3.C39H24N4.C37H25N5/c1-2-12-30-25-38-35(24-29(30)11-1)33-15-6-8-19-37(33)43(38)40-34-16-5-7-18-36(34)41-39(42-40)28-22-20-27(21-23-28)32-17-9-13-26-10-3-4-14-31(26)32;1-2-10-29-24-36-33(23-28(29)9-1)31-13-4-6-17-35(31)43(36)39-32-14-3-5-16-34(32)41-38(42-39)27-20-18-25(19-21-27)30-15-7-11-26-12-8-22-40-37(26)30;1-37(2)29-13-7-5-11-25(29)26-16-15-24(20-30(26)37)34-40-35-33(38-17-18-39-35)36(41-34)42-31-14-8-6-12-27(31)28-19-22-9-3-4-10-23(22)21-32(28)42/h1-25H;1-24H;3-21H,1-2H3/i;18D,19D,20D,21D;. The van der Waals surface area contributed by atoms with E-state index in [4.69, 9.17) is 37.6 Å². The molecule has 598 valence electrons. The summed E-state index contributed by atoms with van der Waals surface area (Å²) in [7, 11) is 0. The van der Waals surface area contributed by atoms with E-state index in [1.165, 1.54) is 87.2 Å². The molecule has 0 N–H and O–H groups in total. The van der Waals surface area contributed by atoms with Crippen LogP contribution in [0.1, 0.15) is 30.5 Å². The molecule has 0 saturated heterocycles. The van der Waals surface area contributed by atoms with Gasteiger partial charge in [0.15, 0.2) is 34.5 Å². The first-order valence-electron chi connectivity index (χ1n) is 45.0. The van der Waals surface area contributed by atoms with Crippen LogP contribution in [-0.4, -0.2) is 58.6 Å². The van der Waals surface area contributed by atoms with E-state index >= 15 is 0 Å². The lowest BCUT2D eigenvalue weighted by atomic mass is 9.82. The van der Waals surface area contributed by atoms with Crippen molar-refractivity contribution in [1.82, 2.24) is 58.6 Å². The molecule has 0 unspecified atom stereocenters. The van der Waals surface area contributed by atoms with Gasteiger partial charge in [-0.3, -0.25) is 18.7 Å². The fourth-order valence-electron chi connectivity index (χ4n) is 19.5. The average molecular weight is 1640 g/mol. The number of aromatic nitrogens is 12. The van der Waals surface area contributed by atoms with Crippen molar-refractivity contribution < 1.29 is 5.48 Å². The quantitative estimate of drug-likeness (QED) is 0.146. The molecule has 0 radical (unpaired) electrons. The highest BCUT2D eigenvalue weighted by molar-refractivity contribution is 6.18. The molecule has 0 fully saturated rings. The van der Waals surface area contributed by atoms with Gasteiger partial charge in [0.05, 0.1) is 55.1 Å². The Hall–Kier alpha value is -17.1. The van der Waals surface area contributed by atoms with E-state index in [1.807, 2.05) is 78.9 Å². The maximum absolute atomic E-state index is 9.18. The van der Waals surface area contributed by atoms with Crippen molar-refractivity contribution in [3.8, 4) is 85.0 Å². The Bertz CT molecular complexity index is 9330. The maximum Gasteiger partial charge on any atom is 0.184 e. The number of fused-ring (bicyclic) bond motifs is 20. The van der Waals surface area contributed by atoms with Gasteiger partial charge in [-0.15, -0.1) is 0 Å². The molecule has 128 heavy (non-hydrogen) atoms. The maximum atomic E-state index is 9.18. The lowest BCUT2D eigenvalue weighted by molar-refractivity contribution is 0.660. The first-order valence-corrected chi connectivity index (χ1v) is 43.0. The van der Waals surface area contributed by atoms with Gasteiger partial charge < -0.3 is 0 Å². The molecule has 0 amide bonds. The van der Waals surface area contributed by atoms with E-state index in [9.17, 15) is 2.74 Å². The van der Waals surface area contributed by atoms with Crippen LogP contribution in [-0.2, 0) is 5.41 Å². The van der Waals surface area contributed by atoms with Crippen LogP contribution < -0.4 is 0 Å². The minimum absolute atomic E-state index is 0.0511. The Balaban J connectivity index is 0.000000107. The summed E-state index contributed by atoms with van der Waals surface area (Å²) in [5, 5.41) is 19.2. The molecule has 27 rings (SSSR count). The second-order valence-corrected chi connectivity index (χ2v) is 33.2. The fraction of sp³-hybridized carbons (Fsp3) is 0.0259. The second-order valence-electron chi connectivity index (χ2n) is 33.2. The summed E-state index contributed by atoms with van der Waals surface area (Å²) in [5.41, 5.74) is 20.0. The number of pyridine rings is 1. The highest BCUT2D eigenvalue weighted by Gasteiger charge is 2.36. The Morgan fingerprint density at radius 1 is 0.227 bits per heavy atom. The Kier molecular flexibility index (Phi) is 16.0. The van der Waals surface area contributed by atoms with Crippen LogP contribution >= 0.6 is 0 Å². The Morgan fingerprint density at radius 2 is 0.617 bits per heavy atom. The predicted octanol–water partition coefficient (Wildman–Crippen LogP) is 28.8. The van der Waals surface area contributed by atoms with Crippen molar-refractivity contribution in [3.05, 3.63) is 424 Å². The highest BCUT2D eigenvalue weighted by atomic mass is 15.1. The molecule has 12 nitrogen and oxygen atoms in total. The summed E-state index contributed by atoms with van der Waals surface area (Å²) in [4.78, 5) is 44.4. The van der Waals surface area contributed by atoms with Gasteiger partial charge in [-0.25, -0.2) is 39.9 Å². The number of para-hydroxylation sites is 6. The minimum Gasteiger partial charge on any atom is -0.293 e. The molecule has 18 aromatic carbocycles. The van der Waals surface area contributed by atoms with Crippen molar-refractivity contribution in [2.45, 2.75) is 19.3 Å². The van der Waals surface area contributed by atoms with Crippen molar-refractivity contribution in [3.63, 3.8) is 0 Å². The molecule has 0 spiro atoms. The van der Waals surface area contributed by atoms with Gasteiger partial charge in [-0.05, 0) is 173 Å². The second kappa shape index (κ2) is 29.6. The molecule has 8 heterocycles. The third-order valence-corrected chi connectivity index (χ3v) is 25.6. The molecule has 1 aliphatic carbocycles. The van der Waals surface area contributed by atoms with Gasteiger partial charge in [0, 0.05) is 94.7 Å². The molecule has 0 bridgehead atoms. The van der Waals surface area contributed by atoms with E-state index < -0.39 is 0 Å². The molecular formula is C116H74N12. The van der Waals surface area contributed by atoms with Gasteiger partial charge in [0.1, 0.15) is 11.6 Å². The smallest absolute Gasteiger partial charge is 0.184 e. The molecule has 0 atom stereocenters. The normalized spacial score (nSPS) is 12.8. The Morgan fingerprint density at radius 3 is 1.20 bits per heavy atom. The van der Waals surface area contributed by atoms with E-state index in [1.54, 1.807) is 24.7 Å². The summed E-state index contributed by atoms with van der Waals surface area (Å²) < 4.78 is 43.2. The van der Waals surface area contributed by atoms with E-state index in [0.717, 1.165) is 99.1 Å². The average Bonchev–Trinajstić information content (AvgIpc) is 1.53. The zero-order valence-electron chi connectivity index (χ0n) is 73.3. The van der Waals surface area contributed by atoms with Crippen LogP contribution in [0.2, 0.25) is 0 Å². The number of hydrogen-bond acceptors (Lipinski definition) is 9.